The minimum Gasteiger partial charge on any atom is -0.477 e. The van der Waals surface area contributed by atoms with Crippen LogP contribution in [0.3, 0.4) is 0 Å². The average molecular weight is 528 g/mol. The minimum absolute atomic E-state index is 0.0260. The highest BCUT2D eigenvalue weighted by Crippen LogP contribution is 2.35. The van der Waals surface area contributed by atoms with Crippen LogP contribution in [0.25, 0.3) is 27.9 Å². The van der Waals surface area contributed by atoms with Crippen LogP contribution >= 0.6 is 11.6 Å². The lowest BCUT2D eigenvalue weighted by Gasteiger charge is -2.21. The Morgan fingerprint density at radius 1 is 1.08 bits per heavy atom. The molecule has 188 valence electrons. The van der Waals surface area contributed by atoms with Gasteiger partial charge in [-0.2, -0.15) is 13.2 Å². The van der Waals surface area contributed by atoms with E-state index in [9.17, 15) is 27.9 Å². The van der Waals surface area contributed by atoms with Gasteiger partial charge in [-0.3, -0.25) is 9.98 Å². The van der Waals surface area contributed by atoms with Gasteiger partial charge in [0.25, 0.3) is 0 Å². The summed E-state index contributed by atoms with van der Waals surface area (Å²) >= 11 is 6.05. The molecule has 1 unspecified atom stereocenters. The smallest absolute Gasteiger partial charge is 0.411 e. The SMILES string of the molecule is O=C(O)C1=NC(C(F)(F)F)CC=C1Cn1nc2c(-c3ccncc3)c(-c3ccc(Cl)cc3)ccn2c1=O. The number of halogens is 4. The van der Waals surface area contributed by atoms with E-state index in [0.29, 0.717) is 10.6 Å². The maximum Gasteiger partial charge on any atom is 0.411 e. The fraction of sp³-hybridized carbons (Fsp3) is 0.160. The van der Waals surface area contributed by atoms with Crippen molar-refractivity contribution in [3.63, 3.8) is 0 Å². The first kappa shape index (κ1) is 24.4. The molecule has 1 N–H and O–H groups in total. The maximum absolute atomic E-state index is 13.2. The second kappa shape index (κ2) is 9.32. The molecule has 1 aliphatic heterocycles. The molecule has 37 heavy (non-hydrogen) atoms. The van der Waals surface area contributed by atoms with E-state index in [4.69, 9.17) is 11.6 Å². The van der Waals surface area contributed by atoms with Crippen molar-refractivity contribution in [2.75, 3.05) is 0 Å². The third-order valence-corrected chi connectivity index (χ3v) is 6.21. The Morgan fingerprint density at radius 3 is 2.43 bits per heavy atom. The summed E-state index contributed by atoms with van der Waals surface area (Å²) < 4.78 is 41.7. The second-order valence-electron chi connectivity index (χ2n) is 8.29. The van der Waals surface area contributed by atoms with Crippen LogP contribution in [0.5, 0.6) is 0 Å². The standard InChI is InChI=1S/C25H17ClF3N5O3/c26-17-4-1-14(2-5-17)18-9-12-33-22(20(18)15-7-10-30-11-8-15)32-34(24(33)37)13-16-3-6-19(25(27,28)29)31-21(16)23(35)36/h1-5,7-12,19H,6,13H2,(H,35,36). The number of aromatic nitrogens is 4. The van der Waals surface area contributed by atoms with Crippen LogP contribution in [0.1, 0.15) is 6.42 Å². The number of nitrogens with zero attached hydrogens (tertiary/aromatic N) is 5. The van der Waals surface area contributed by atoms with Crippen molar-refractivity contribution >= 4 is 28.9 Å². The van der Waals surface area contributed by atoms with E-state index in [0.717, 1.165) is 27.4 Å². The molecule has 1 aliphatic rings. The lowest BCUT2D eigenvalue weighted by atomic mass is 9.96. The van der Waals surface area contributed by atoms with Gasteiger partial charge in [0.15, 0.2) is 5.65 Å². The number of aliphatic carboxylic acids is 1. The molecule has 0 bridgehead atoms. The Labute approximate surface area is 212 Å². The molecule has 4 heterocycles. The van der Waals surface area contributed by atoms with E-state index in [1.54, 1.807) is 42.7 Å². The number of benzene rings is 1. The first-order valence-corrected chi connectivity index (χ1v) is 11.4. The number of rotatable bonds is 5. The normalized spacial score (nSPS) is 15.9. The molecule has 0 spiro atoms. The second-order valence-corrected chi connectivity index (χ2v) is 8.72. The first-order valence-electron chi connectivity index (χ1n) is 11.0. The fourth-order valence-corrected chi connectivity index (χ4v) is 4.32. The Morgan fingerprint density at radius 2 is 1.78 bits per heavy atom. The highest BCUT2D eigenvalue weighted by atomic mass is 35.5. The Balaban J connectivity index is 1.64. The van der Waals surface area contributed by atoms with Crippen LogP contribution < -0.4 is 5.69 Å². The van der Waals surface area contributed by atoms with Gasteiger partial charge in [0.1, 0.15) is 11.8 Å². The molecule has 4 aromatic rings. The number of carboxylic acid groups (broad SMARTS) is 1. The molecular weight excluding hydrogens is 511 g/mol. The van der Waals surface area contributed by atoms with E-state index in [-0.39, 0.29) is 17.8 Å². The number of dihydropyridines is 1. The zero-order valence-electron chi connectivity index (χ0n) is 18.9. The van der Waals surface area contributed by atoms with Crippen molar-refractivity contribution < 1.29 is 23.1 Å². The Hall–Kier alpha value is -4.25. The Kier molecular flexibility index (Phi) is 6.16. The topological polar surface area (TPSA) is 102 Å². The van der Waals surface area contributed by atoms with Gasteiger partial charge in [-0.25, -0.2) is 18.7 Å². The fourth-order valence-electron chi connectivity index (χ4n) is 4.20. The molecule has 1 aromatic carbocycles. The predicted molar refractivity (Wildman–Crippen MR) is 131 cm³/mol. The van der Waals surface area contributed by atoms with Crippen molar-refractivity contribution in [3.8, 4) is 22.3 Å². The lowest BCUT2D eigenvalue weighted by Crippen LogP contribution is -2.34. The summed E-state index contributed by atoms with van der Waals surface area (Å²) in [6.07, 6.45) is 0.671. The van der Waals surface area contributed by atoms with Gasteiger partial charge in [0.2, 0.25) is 0 Å². The summed E-state index contributed by atoms with van der Waals surface area (Å²) in [5, 5.41) is 14.5. The van der Waals surface area contributed by atoms with Gasteiger partial charge in [-0.1, -0.05) is 29.8 Å². The van der Waals surface area contributed by atoms with Crippen molar-refractivity contribution in [3.05, 3.63) is 88.2 Å². The molecule has 8 nitrogen and oxygen atoms in total. The molecular formula is C25H17ClF3N5O3. The average Bonchev–Trinajstić information content (AvgIpc) is 3.19. The van der Waals surface area contributed by atoms with Gasteiger partial charge >= 0.3 is 17.8 Å². The van der Waals surface area contributed by atoms with Gasteiger partial charge in [-0.05, 0) is 53.4 Å². The van der Waals surface area contributed by atoms with Gasteiger partial charge in [-0.15, -0.1) is 5.10 Å². The molecule has 0 saturated heterocycles. The van der Waals surface area contributed by atoms with Crippen LogP contribution in [0.15, 0.2) is 82.5 Å². The summed E-state index contributed by atoms with van der Waals surface area (Å²) in [5.41, 5.74) is 1.83. The van der Waals surface area contributed by atoms with E-state index < -0.39 is 36.0 Å². The molecule has 0 fully saturated rings. The van der Waals surface area contributed by atoms with Crippen LogP contribution in [0, 0.1) is 0 Å². The van der Waals surface area contributed by atoms with Crippen LogP contribution in [0.4, 0.5) is 13.2 Å². The molecule has 5 rings (SSSR count). The van der Waals surface area contributed by atoms with E-state index in [1.807, 2.05) is 12.1 Å². The van der Waals surface area contributed by atoms with Crippen LogP contribution in [-0.4, -0.2) is 48.2 Å². The largest absolute Gasteiger partial charge is 0.477 e. The molecule has 12 heteroatoms. The van der Waals surface area contributed by atoms with Crippen LogP contribution in [-0.2, 0) is 11.3 Å². The lowest BCUT2D eigenvalue weighted by molar-refractivity contribution is -0.146. The summed E-state index contributed by atoms with van der Waals surface area (Å²) in [5.74, 6) is -1.61. The van der Waals surface area contributed by atoms with E-state index in [2.05, 4.69) is 15.1 Å². The summed E-state index contributed by atoms with van der Waals surface area (Å²) in [6, 6.07) is 10.2. The number of pyridine rings is 2. The third-order valence-electron chi connectivity index (χ3n) is 5.96. The van der Waals surface area contributed by atoms with Crippen LogP contribution in [0.2, 0.25) is 5.02 Å². The molecule has 0 amide bonds. The number of hydrogen-bond donors (Lipinski definition) is 1. The number of hydrogen-bond acceptors (Lipinski definition) is 5. The number of carbonyl (C=O) groups is 1. The summed E-state index contributed by atoms with van der Waals surface area (Å²) in [7, 11) is 0. The minimum atomic E-state index is -4.68. The quantitative estimate of drug-likeness (QED) is 0.406. The number of aliphatic imine (C=N–C) groups is 1. The van der Waals surface area contributed by atoms with E-state index >= 15 is 0 Å². The number of fused-ring (bicyclic) bond motifs is 1. The number of alkyl halides is 3. The maximum atomic E-state index is 13.2. The van der Waals surface area contributed by atoms with E-state index in [1.165, 1.54) is 10.6 Å². The number of carboxylic acids is 1. The molecule has 0 saturated carbocycles. The third kappa shape index (κ3) is 4.65. The van der Waals surface area contributed by atoms with Gasteiger partial charge < -0.3 is 5.11 Å². The Bertz CT molecular complexity index is 1620. The molecule has 0 aliphatic carbocycles. The summed E-state index contributed by atoms with van der Waals surface area (Å²) in [6.45, 7) is -0.359. The molecule has 1 atom stereocenters. The highest BCUT2D eigenvalue weighted by molar-refractivity contribution is 6.42. The predicted octanol–water partition coefficient (Wildman–Crippen LogP) is 4.67. The van der Waals surface area contributed by atoms with Gasteiger partial charge in [0.05, 0.1) is 6.54 Å². The zero-order chi connectivity index (χ0) is 26.3. The van der Waals surface area contributed by atoms with Gasteiger partial charge in [0, 0.05) is 34.7 Å². The summed E-state index contributed by atoms with van der Waals surface area (Å²) in [4.78, 5) is 32.3. The first-order chi connectivity index (χ1) is 17.6. The van der Waals surface area contributed by atoms with Crippen molar-refractivity contribution in [2.24, 2.45) is 4.99 Å². The molecule has 0 radical (unpaired) electrons. The monoisotopic (exact) mass is 527 g/mol. The van der Waals surface area contributed by atoms with Crippen molar-refractivity contribution in [1.82, 2.24) is 19.2 Å². The van der Waals surface area contributed by atoms with Crippen molar-refractivity contribution in [1.29, 1.82) is 0 Å². The van der Waals surface area contributed by atoms with Crippen molar-refractivity contribution in [2.45, 2.75) is 25.2 Å². The molecule has 3 aromatic heterocycles. The zero-order valence-corrected chi connectivity index (χ0v) is 19.6. The highest BCUT2D eigenvalue weighted by Gasteiger charge is 2.41.